The minimum absolute atomic E-state index is 0.168. The molecule has 0 spiro atoms. The maximum Gasteiger partial charge on any atom is 0.255 e. The fourth-order valence-corrected chi connectivity index (χ4v) is 1.94. The topological polar surface area (TPSA) is 84.6 Å². The first-order valence-electron chi connectivity index (χ1n) is 6.27. The van der Waals surface area contributed by atoms with E-state index in [9.17, 15) is 9.90 Å². The van der Waals surface area contributed by atoms with Crippen LogP contribution in [0.2, 0.25) is 5.02 Å². The lowest BCUT2D eigenvalue weighted by molar-refractivity contribution is -0.119. The molecule has 0 aliphatic rings. The molecular weight excluding hydrogens is 292 g/mol. The van der Waals surface area contributed by atoms with E-state index in [0.29, 0.717) is 22.9 Å². The van der Waals surface area contributed by atoms with E-state index in [2.05, 4.69) is 5.32 Å². The second kappa shape index (κ2) is 6.85. The Balaban J connectivity index is 2.01. The molecule has 5 nitrogen and oxygen atoms in total. The number of benzene rings is 2. The maximum absolute atomic E-state index is 10.7. The van der Waals surface area contributed by atoms with Crippen molar-refractivity contribution in [3.63, 3.8) is 0 Å². The first-order chi connectivity index (χ1) is 10.0. The van der Waals surface area contributed by atoms with Gasteiger partial charge >= 0.3 is 0 Å². The molecule has 2 aromatic rings. The summed E-state index contributed by atoms with van der Waals surface area (Å²) in [5.74, 6) is 0.180. The number of aromatic hydroxyl groups is 1. The van der Waals surface area contributed by atoms with Gasteiger partial charge in [-0.1, -0.05) is 17.7 Å². The van der Waals surface area contributed by atoms with Crippen LogP contribution in [0.25, 0.3) is 0 Å². The lowest BCUT2D eigenvalue weighted by Gasteiger charge is -2.10. The van der Waals surface area contributed by atoms with Gasteiger partial charge in [0.2, 0.25) is 0 Å². The quantitative estimate of drug-likeness (QED) is 0.765. The van der Waals surface area contributed by atoms with Crippen LogP contribution >= 0.6 is 11.6 Å². The largest absolute Gasteiger partial charge is 0.508 e. The molecule has 0 aliphatic heterocycles. The Kier molecular flexibility index (Phi) is 4.90. The van der Waals surface area contributed by atoms with Gasteiger partial charge in [-0.15, -0.1) is 0 Å². The Hall–Kier alpha value is -2.40. The van der Waals surface area contributed by atoms with Crippen molar-refractivity contribution < 1.29 is 14.6 Å². The number of hydrogen-bond acceptors (Lipinski definition) is 4. The third-order valence-corrected chi connectivity index (χ3v) is 2.97. The van der Waals surface area contributed by atoms with E-state index in [0.717, 1.165) is 5.69 Å². The van der Waals surface area contributed by atoms with Crippen molar-refractivity contribution in [1.82, 2.24) is 0 Å². The summed E-state index contributed by atoms with van der Waals surface area (Å²) < 4.78 is 5.22. The molecule has 0 radical (unpaired) electrons. The number of carbonyl (C=O) groups excluding carboxylic acids is 1. The minimum Gasteiger partial charge on any atom is -0.508 e. The molecule has 0 atom stereocenters. The average Bonchev–Trinajstić information content (AvgIpc) is 2.46. The number of rotatable bonds is 6. The minimum atomic E-state index is -0.530. The monoisotopic (exact) mass is 306 g/mol. The molecule has 0 aromatic heterocycles. The van der Waals surface area contributed by atoms with Gasteiger partial charge in [-0.25, -0.2) is 0 Å². The van der Waals surface area contributed by atoms with Gasteiger partial charge < -0.3 is 20.9 Å². The van der Waals surface area contributed by atoms with E-state index in [1.165, 1.54) is 0 Å². The summed E-state index contributed by atoms with van der Waals surface area (Å²) in [5.41, 5.74) is 6.50. The van der Waals surface area contributed by atoms with Crippen LogP contribution in [0, 0.1) is 0 Å². The Morgan fingerprint density at radius 3 is 2.86 bits per heavy atom. The van der Waals surface area contributed by atoms with Crippen LogP contribution in [-0.2, 0) is 11.3 Å². The van der Waals surface area contributed by atoms with Gasteiger partial charge in [0, 0.05) is 28.9 Å². The summed E-state index contributed by atoms with van der Waals surface area (Å²) in [6.07, 6.45) is 0. The predicted molar refractivity (Wildman–Crippen MR) is 81.6 cm³/mol. The van der Waals surface area contributed by atoms with Crippen molar-refractivity contribution in [1.29, 1.82) is 0 Å². The van der Waals surface area contributed by atoms with Crippen LogP contribution in [-0.4, -0.2) is 17.6 Å². The van der Waals surface area contributed by atoms with Gasteiger partial charge in [0.1, 0.15) is 11.5 Å². The molecule has 0 saturated heterocycles. The molecule has 0 bridgehead atoms. The van der Waals surface area contributed by atoms with Crippen LogP contribution in [0.5, 0.6) is 11.5 Å². The molecule has 0 unspecified atom stereocenters. The van der Waals surface area contributed by atoms with Gasteiger partial charge in [-0.2, -0.15) is 0 Å². The Labute approximate surface area is 127 Å². The van der Waals surface area contributed by atoms with E-state index in [-0.39, 0.29) is 12.4 Å². The number of halogens is 1. The number of phenolic OH excluding ortho intramolecular Hbond substituents is 1. The fourth-order valence-electron chi connectivity index (χ4n) is 1.74. The van der Waals surface area contributed by atoms with Gasteiger partial charge in [0.25, 0.3) is 5.91 Å². The third-order valence-electron chi connectivity index (χ3n) is 2.74. The number of anilines is 1. The number of ether oxygens (including phenoxy) is 1. The molecule has 21 heavy (non-hydrogen) atoms. The summed E-state index contributed by atoms with van der Waals surface area (Å²) in [6, 6.07) is 12.0. The molecule has 4 N–H and O–H groups in total. The van der Waals surface area contributed by atoms with Crippen LogP contribution in [0.1, 0.15) is 5.56 Å². The van der Waals surface area contributed by atoms with Gasteiger partial charge in [-0.05, 0) is 30.3 Å². The second-order valence-electron chi connectivity index (χ2n) is 4.41. The highest BCUT2D eigenvalue weighted by Crippen LogP contribution is 2.23. The zero-order valence-electron chi connectivity index (χ0n) is 11.2. The molecule has 1 amide bonds. The van der Waals surface area contributed by atoms with Crippen LogP contribution in [0.4, 0.5) is 5.69 Å². The van der Waals surface area contributed by atoms with E-state index in [1.807, 2.05) is 6.07 Å². The molecule has 0 aliphatic carbocycles. The number of carbonyl (C=O) groups is 1. The highest BCUT2D eigenvalue weighted by molar-refractivity contribution is 6.30. The standard InChI is InChI=1S/C15H15ClN2O3/c16-11-4-5-14(19)10(6-11)8-18-12-2-1-3-13(7-12)21-9-15(17)20/h1-7,18-19H,8-9H2,(H2,17,20). The fraction of sp³-hybridized carbons (Fsp3) is 0.133. The molecule has 6 heteroatoms. The lowest BCUT2D eigenvalue weighted by Crippen LogP contribution is -2.20. The highest BCUT2D eigenvalue weighted by Gasteiger charge is 2.03. The first-order valence-corrected chi connectivity index (χ1v) is 6.65. The highest BCUT2D eigenvalue weighted by atomic mass is 35.5. The molecule has 0 heterocycles. The maximum atomic E-state index is 10.7. The van der Waals surface area contributed by atoms with Crippen molar-refractivity contribution in [2.24, 2.45) is 5.73 Å². The molecule has 0 fully saturated rings. The van der Waals surface area contributed by atoms with Crippen molar-refractivity contribution in [2.75, 3.05) is 11.9 Å². The first kappa shape index (κ1) is 15.0. The smallest absolute Gasteiger partial charge is 0.255 e. The second-order valence-corrected chi connectivity index (χ2v) is 4.85. The third kappa shape index (κ3) is 4.57. The van der Waals surface area contributed by atoms with E-state index >= 15 is 0 Å². The number of amides is 1. The lowest BCUT2D eigenvalue weighted by atomic mass is 10.2. The van der Waals surface area contributed by atoms with E-state index in [4.69, 9.17) is 22.1 Å². The van der Waals surface area contributed by atoms with Crippen LogP contribution in [0.3, 0.4) is 0 Å². The zero-order valence-corrected chi connectivity index (χ0v) is 11.9. The summed E-state index contributed by atoms with van der Waals surface area (Å²) in [7, 11) is 0. The van der Waals surface area contributed by atoms with Crippen molar-refractivity contribution in [3.05, 3.63) is 53.1 Å². The van der Waals surface area contributed by atoms with Crippen LogP contribution in [0.15, 0.2) is 42.5 Å². The Morgan fingerprint density at radius 1 is 1.29 bits per heavy atom. The number of primary amides is 1. The molecule has 0 saturated carbocycles. The number of phenols is 1. The van der Waals surface area contributed by atoms with E-state index < -0.39 is 5.91 Å². The molecular formula is C15H15ClN2O3. The SMILES string of the molecule is NC(=O)COc1cccc(NCc2cc(Cl)ccc2O)c1. The number of nitrogens with two attached hydrogens (primary N) is 1. The Morgan fingerprint density at radius 2 is 2.10 bits per heavy atom. The van der Waals surface area contributed by atoms with Crippen molar-refractivity contribution in [3.8, 4) is 11.5 Å². The average molecular weight is 307 g/mol. The summed E-state index contributed by atoms with van der Waals surface area (Å²) in [6.45, 7) is 0.240. The van der Waals surface area contributed by atoms with Gasteiger partial charge in [0.05, 0.1) is 0 Å². The zero-order chi connectivity index (χ0) is 15.2. The van der Waals surface area contributed by atoms with E-state index in [1.54, 1.807) is 36.4 Å². The summed E-state index contributed by atoms with van der Waals surface area (Å²) in [5, 5.41) is 13.4. The van der Waals surface area contributed by atoms with Crippen molar-refractivity contribution in [2.45, 2.75) is 6.54 Å². The van der Waals surface area contributed by atoms with Crippen molar-refractivity contribution >= 4 is 23.2 Å². The predicted octanol–water partition coefficient (Wildman–Crippen LogP) is 2.52. The number of hydrogen-bond donors (Lipinski definition) is 3. The molecule has 110 valence electrons. The Bertz CT molecular complexity index is 647. The summed E-state index contributed by atoms with van der Waals surface area (Å²) in [4.78, 5) is 10.7. The molecule has 2 aromatic carbocycles. The van der Waals surface area contributed by atoms with Gasteiger partial charge in [-0.3, -0.25) is 4.79 Å². The normalized spacial score (nSPS) is 10.1. The number of nitrogens with one attached hydrogen (secondary N) is 1. The summed E-state index contributed by atoms with van der Waals surface area (Å²) >= 11 is 5.89. The van der Waals surface area contributed by atoms with Crippen LogP contribution < -0.4 is 15.8 Å². The molecule has 2 rings (SSSR count). The van der Waals surface area contributed by atoms with Gasteiger partial charge in [0.15, 0.2) is 6.61 Å².